The maximum atomic E-state index is 12.4. The third-order valence-electron chi connectivity index (χ3n) is 4.55. The van der Waals surface area contributed by atoms with Gasteiger partial charge in [-0.1, -0.05) is 35.9 Å². The van der Waals surface area contributed by atoms with E-state index in [-0.39, 0.29) is 11.4 Å². The molecule has 3 rings (SSSR count). The standard InChI is InChI=1S/C20H23NO3/c1-14-4-6-15(7-5-14)12-19(22)21-20(10-11-20)16-8-9-17(23-2)18(13-16)24-3/h4-9,13H,10-12H2,1-3H3,(H,21,22). The van der Waals surface area contributed by atoms with Crippen molar-refractivity contribution in [3.8, 4) is 11.5 Å². The van der Waals surface area contributed by atoms with Gasteiger partial charge >= 0.3 is 0 Å². The van der Waals surface area contributed by atoms with Gasteiger partial charge in [-0.25, -0.2) is 0 Å². The Hall–Kier alpha value is -2.49. The van der Waals surface area contributed by atoms with Crippen molar-refractivity contribution in [3.63, 3.8) is 0 Å². The van der Waals surface area contributed by atoms with Gasteiger partial charge in [-0.05, 0) is 43.0 Å². The number of hydrogen-bond donors (Lipinski definition) is 1. The number of carbonyl (C=O) groups excluding carboxylic acids is 1. The molecule has 0 bridgehead atoms. The predicted octanol–water partition coefficient (Wildman–Crippen LogP) is 3.36. The first kappa shape index (κ1) is 16.4. The Morgan fingerprint density at radius 2 is 1.71 bits per heavy atom. The van der Waals surface area contributed by atoms with Crippen LogP contribution in [0, 0.1) is 6.92 Å². The Morgan fingerprint density at radius 3 is 2.29 bits per heavy atom. The molecule has 1 aliphatic carbocycles. The number of amides is 1. The summed E-state index contributed by atoms with van der Waals surface area (Å²) in [5, 5.41) is 3.20. The largest absolute Gasteiger partial charge is 0.493 e. The van der Waals surface area contributed by atoms with Gasteiger partial charge < -0.3 is 14.8 Å². The van der Waals surface area contributed by atoms with Crippen molar-refractivity contribution >= 4 is 5.91 Å². The number of rotatable bonds is 6. The molecule has 4 nitrogen and oxygen atoms in total. The van der Waals surface area contributed by atoms with Crippen molar-refractivity contribution in [1.82, 2.24) is 5.32 Å². The molecule has 0 aromatic heterocycles. The number of carbonyl (C=O) groups is 1. The fourth-order valence-corrected chi connectivity index (χ4v) is 2.95. The summed E-state index contributed by atoms with van der Waals surface area (Å²) in [5.41, 5.74) is 3.03. The van der Waals surface area contributed by atoms with Crippen molar-refractivity contribution < 1.29 is 14.3 Å². The fraction of sp³-hybridized carbons (Fsp3) is 0.350. The summed E-state index contributed by atoms with van der Waals surface area (Å²) in [6.45, 7) is 2.04. The van der Waals surface area contributed by atoms with Gasteiger partial charge in [0, 0.05) is 0 Å². The average molecular weight is 325 g/mol. The van der Waals surface area contributed by atoms with E-state index in [1.165, 1.54) is 5.56 Å². The molecule has 1 fully saturated rings. The monoisotopic (exact) mass is 325 g/mol. The molecular weight excluding hydrogens is 302 g/mol. The minimum atomic E-state index is -0.263. The quantitative estimate of drug-likeness (QED) is 0.886. The highest BCUT2D eigenvalue weighted by Crippen LogP contribution is 2.47. The van der Waals surface area contributed by atoms with Crippen LogP contribution in [0.5, 0.6) is 11.5 Å². The van der Waals surface area contributed by atoms with Crippen molar-refractivity contribution in [2.24, 2.45) is 0 Å². The first-order valence-electron chi connectivity index (χ1n) is 8.15. The molecule has 126 valence electrons. The van der Waals surface area contributed by atoms with Gasteiger partial charge in [0.1, 0.15) is 0 Å². The molecule has 0 saturated heterocycles. The summed E-state index contributed by atoms with van der Waals surface area (Å²) < 4.78 is 10.7. The van der Waals surface area contributed by atoms with E-state index in [0.717, 1.165) is 24.0 Å². The van der Waals surface area contributed by atoms with Gasteiger partial charge in [0.25, 0.3) is 0 Å². The zero-order valence-corrected chi connectivity index (χ0v) is 14.4. The Kier molecular flexibility index (Phi) is 4.47. The molecule has 4 heteroatoms. The molecule has 0 heterocycles. The van der Waals surface area contributed by atoms with Gasteiger partial charge in [0.15, 0.2) is 11.5 Å². The van der Waals surface area contributed by atoms with Crippen LogP contribution in [0.2, 0.25) is 0 Å². The van der Waals surface area contributed by atoms with Crippen LogP contribution in [0.4, 0.5) is 0 Å². The molecule has 1 N–H and O–H groups in total. The summed E-state index contributed by atoms with van der Waals surface area (Å²) in [5.74, 6) is 1.43. The van der Waals surface area contributed by atoms with Crippen LogP contribution >= 0.6 is 0 Å². The minimum absolute atomic E-state index is 0.0473. The first-order valence-corrected chi connectivity index (χ1v) is 8.15. The van der Waals surface area contributed by atoms with Crippen LogP contribution in [0.1, 0.15) is 29.5 Å². The molecule has 1 amide bonds. The van der Waals surface area contributed by atoms with Crippen LogP contribution in [-0.2, 0) is 16.8 Å². The number of hydrogen-bond acceptors (Lipinski definition) is 3. The number of methoxy groups -OCH3 is 2. The van der Waals surface area contributed by atoms with Gasteiger partial charge in [0.2, 0.25) is 5.91 Å². The molecule has 2 aromatic carbocycles. The number of benzene rings is 2. The van der Waals surface area contributed by atoms with Gasteiger partial charge in [0.05, 0.1) is 26.2 Å². The molecule has 1 saturated carbocycles. The number of ether oxygens (including phenoxy) is 2. The second kappa shape index (κ2) is 6.56. The van der Waals surface area contributed by atoms with Gasteiger partial charge in [-0.15, -0.1) is 0 Å². The van der Waals surface area contributed by atoms with Crippen molar-refractivity contribution in [1.29, 1.82) is 0 Å². The predicted molar refractivity (Wildman–Crippen MR) is 93.5 cm³/mol. The molecule has 0 unspecified atom stereocenters. The van der Waals surface area contributed by atoms with E-state index in [1.54, 1.807) is 14.2 Å². The van der Waals surface area contributed by atoms with E-state index in [2.05, 4.69) is 5.32 Å². The molecule has 0 radical (unpaired) electrons. The van der Waals surface area contributed by atoms with E-state index >= 15 is 0 Å². The van der Waals surface area contributed by atoms with Crippen LogP contribution in [0.25, 0.3) is 0 Å². The lowest BCUT2D eigenvalue weighted by Crippen LogP contribution is -2.35. The topological polar surface area (TPSA) is 47.6 Å². The Bertz CT molecular complexity index is 733. The summed E-state index contributed by atoms with van der Waals surface area (Å²) >= 11 is 0. The molecule has 1 aliphatic rings. The molecule has 0 atom stereocenters. The van der Waals surface area contributed by atoms with E-state index < -0.39 is 0 Å². The van der Waals surface area contributed by atoms with Crippen LogP contribution in [-0.4, -0.2) is 20.1 Å². The van der Waals surface area contributed by atoms with E-state index in [1.807, 2.05) is 49.4 Å². The lowest BCUT2D eigenvalue weighted by atomic mass is 10.0. The van der Waals surface area contributed by atoms with Crippen molar-refractivity contribution in [3.05, 3.63) is 59.2 Å². The summed E-state index contributed by atoms with van der Waals surface area (Å²) in [7, 11) is 3.24. The highest BCUT2D eigenvalue weighted by atomic mass is 16.5. The number of nitrogens with one attached hydrogen (secondary N) is 1. The summed E-state index contributed by atoms with van der Waals surface area (Å²) in [6.07, 6.45) is 2.29. The summed E-state index contributed by atoms with van der Waals surface area (Å²) in [4.78, 5) is 12.4. The fourth-order valence-electron chi connectivity index (χ4n) is 2.95. The van der Waals surface area contributed by atoms with Crippen LogP contribution < -0.4 is 14.8 Å². The minimum Gasteiger partial charge on any atom is -0.493 e. The van der Waals surface area contributed by atoms with Gasteiger partial charge in [-0.3, -0.25) is 4.79 Å². The maximum absolute atomic E-state index is 12.4. The van der Waals surface area contributed by atoms with Gasteiger partial charge in [-0.2, -0.15) is 0 Å². The maximum Gasteiger partial charge on any atom is 0.225 e. The van der Waals surface area contributed by atoms with Crippen LogP contribution in [0.3, 0.4) is 0 Å². The van der Waals surface area contributed by atoms with E-state index in [9.17, 15) is 4.79 Å². The lowest BCUT2D eigenvalue weighted by Gasteiger charge is -2.20. The normalized spacial score (nSPS) is 14.8. The van der Waals surface area contributed by atoms with Crippen molar-refractivity contribution in [2.45, 2.75) is 31.7 Å². The second-order valence-corrected chi connectivity index (χ2v) is 6.36. The highest BCUT2D eigenvalue weighted by molar-refractivity contribution is 5.80. The molecule has 24 heavy (non-hydrogen) atoms. The first-order chi connectivity index (χ1) is 11.6. The van der Waals surface area contributed by atoms with E-state index in [0.29, 0.717) is 17.9 Å². The Labute approximate surface area is 142 Å². The molecule has 2 aromatic rings. The summed E-state index contributed by atoms with van der Waals surface area (Å²) in [6, 6.07) is 13.9. The Morgan fingerprint density at radius 1 is 1.04 bits per heavy atom. The lowest BCUT2D eigenvalue weighted by molar-refractivity contribution is -0.121. The third kappa shape index (κ3) is 3.37. The highest BCUT2D eigenvalue weighted by Gasteiger charge is 2.45. The van der Waals surface area contributed by atoms with E-state index in [4.69, 9.17) is 9.47 Å². The SMILES string of the molecule is COc1ccc(C2(NC(=O)Cc3ccc(C)cc3)CC2)cc1OC. The second-order valence-electron chi connectivity index (χ2n) is 6.36. The zero-order chi connectivity index (χ0) is 17.2. The number of aryl methyl sites for hydroxylation is 1. The smallest absolute Gasteiger partial charge is 0.225 e. The van der Waals surface area contributed by atoms with Crippen molar-refractivity contribution in [2.75, 3.05) is 14.2 Å². The van der Waals surface area contributed by atoms with Crippen LogP contribution in [0.15, 0.2) is 42.5 Å². The molecule has 0 aliphatic heterocycles. The zero-order valence-electron chi connectivity index (χ0n) is 14.4. The average Bonchev–Trinajstić information content (AvgIpc) is 3.36. The Balaban J connectivity index is 1.72. The third-order valence-corrected chi connectivity index (χ3v) is 4.55. The molecule has 0 spiro atoms. The molecular formula is C20H23NO3.